The molecule has 2 aliphatic heterocycles. The van der Waals surface area contributed by atoms with Crippen LogP contribution in [0.3, 0.4) is 0 Å². The van der Waals surface area contributed by atoms with Crippen molar-refractivity contribution in [2.24, 2.45) is 33.7 Å². The number of hydrogen-bond acceptors (Lipinski definition) is 4. The third kappa shape index (κ3) is 9.63. The van der Waals surface area contributed by atoms with Crippen molar-refractivity contribution in [3.8, 4) is 0 Å². The van der Waals surface area contributed by atoms with Gasteiger partial charge in [0.1, 0.15) is 13.2 Å². The maximum Gasteiger partial charge on any atom is 0.190 e. The van der Waals surface area contributed by atoms with Crippen molar-refractivity contribution >= 4 is 48.9 Å². The molecule has 2 saturated carbocycles. The van der Waals surface area contributed by atoms with E-state index < -0.39 is 15.8 Å². The van der Waals surface area contributed by atoms with Crippen molar-refractivity contribution in [3.05, 3.63) is 121 Å². The zero-order valence-corrected chi connectivity index (χ0v) is 36.0. The van der Waals surface area contributed by atoms with Crippen LogP contribution in [-0.4, -0.2) is 48.4 Å². The van der Waals surface area contributed by atoms with Gasteiger partial charge in [0, 0.05) is 22.4 Å². The summed E-state index contributed by atoms with van der Waals surface area (Å²) in [5.41, 5.74) is 1.32. The van der Waals surface area contributed by atoms with E-state index in [1.54, 1.807) is 0 Å². The van der Waals surface area contributed by atoms with E-state index in [4.69, 9.17) is 19.5 Å². The Bertz CT molecular complexity index is 1550. The summed E-state index contributed by atoms with van der Waals surface area (Å²) in [6, 6.07) is 45.3. The van der Waals surface area contributed by atoms with Crippen LogP contribution >= 0.6 is 15.8 Å². The van der Waals surface area contributed by atoms with Gasteiger partial charge < -0.3 is 9.47 Å². The molecule has 4 aromatic carbocycles. The van der Waals surface area contributed by atoms with Gasteiger partial charge in [-0.1, -0.05) is 100 Å². The number of rotatable bonds is 10. The minimum atomic E-state index is -0.860. The first-order chi connectivity index (χ1) is 25.5. The number of benzene rings is 4. The van der Waals surface area contributed by atoms with Gasteiger partial charge in [-0.3, -0.25) is 0 Å². The average molecular weight is 930 g/mol. The van der Waals surface area contributed by atoms with Crippen LogP contribution in [0.1, 0.15) is 66.2 Å². The molecule has 3 unspecified atom stereocenters. The summed E-state index contributed by atoms with van der Waals surface area (Å²) < 4.78 is 12.3. The number of nitrogens with zero attached hydrogens (tertiary/aromatic N) is 2. The summed E-state index contributed by atoms with van der Waals surface area (Å²) in [4.78, 5) is 10.0. The fourth-order valence-corrected chi connectivity index (χ4v) is 15.8. The Kier molecular flexibility index (Phi) is 14.6. The zero-order valence-electron chi connectivity index (χ0n) is 31.8. The Hall–Kier alpha value is -2.58. The molecule has 4 aliphatic rings. The van der Waals surface area contributed by atoms with Crippen molar-refractivity contribution in [2.75, 3.05) is 13.2 Å². The summed E-state index contributed by atoms with van der Waals surface area (Å²) in [6.45, 7) is 10.5. The molecule has 0 amide bonds. The summed E-state index contributed by atoms with van der Waals surface area (Å²) in [7, 11) is -1.72. The predicted octanol–water partition coefficient (Wildman–Crippen LogP) is 8.94. The first-order valence-corrected chi connectivity index (χ1v) is 23.0. The Morgan fingerprint density at radius 1 is 0.472 bits per heavy atom. The molecule has 2 aliphatic carbocycles. The molecule has 53 heavy (non-hydrogen) atoms. The van der Waals surface area contributed by atoms with Crippen LogP contribution in [0.5, 0.6) is 0 Å². The molecular formula is C46H58AuN2O2P2+2. The van der Waals surface area contributed by atoms with Crippen LogP contribution in [0.4, 0.5) is 0 Å². The van der Waals surface area contributed by atoms with Gasteiger partial charge in [-0.2, -0.15) is 0 Å². The van der Waals surface area contributed by atoms with Gasteiger partial charge in [0.25, 0.3) is 0 Å². The topological polar surface area (TPSA) is 43.2 Å². The molecular weight excluding hydrogens is 871 g/mol. The molecule has 8 rings (SSSR count). The van der Waals surface area contributed by atoms with Gasteiger partial charge in [-0.05, 0) is 98.9 Å². The standard InChI is InChI=1S/2C23H28NOP.Au/c2*1-17(2)21-16-25-23(24-21)20-14-9-15-22(20)26(18-10-5-3-6-11-18)19-12-7-4-8-13-19;/h2*3-8,10-13,17,20-22H,9,14-16H2,1-2H3;/p+2/t20?,21-,22?;20?,21-,22+;/m10./s1. The summed E-state index contributed by atoms with van der Waals surface area (Å²) in [5, 5.41) is 6.05. The van der Waals surface area contributed by atoms with E-state index in [-0.39, 0.29) is 22.4 Å². The Labute approximate surface area is 336 Å². The third-order valence-electron chi connectivity index (χ3n) is 11.7. The van der Waals surface area contributed by atoms with Crippen molar-refractivity contribution in [1.82, 2.24) is 0 Å². The normalized spacial score (nSPS) is 25.1. The first kappa shape index (κ1) is 40.1. The van der Waals surface area contributed by atoms with Gasteiger partial charge >= 0.3 is 0 Å². The molecule has 0 saturated heterocycles. The van der Waals surface area contributed by atoms with E-state index in [1.807, 2.05) is 0 Å². The van der Waals surface area contributed by atoms with Gasteiger partial charge in [-0.15, -0.1) is 0 Å². The second-order valence-corrected chi connectivity index (χ2v) is 21.2. The SMILES string of the molecule is CC(C)[C@@H]1COC(C2CCC[C@H]2[PH+](c2ccccc2)c2ccccc2)=N1.CC(C)[C@H]1COC(C2CCCC2[PH+](c2ccccc2)c2ccccc2)=N1.[Au]. The minimum Gasteiger partial charge on any atom is -0.478 e. The van der Waals surface area contributed by atoms with Crippen molar-refractivity contribution in [1.29, 1.82) is 0 Å². The second kappa shape index (κ2) is 19.3. The largest absolute Gasteiger partial charge is 0.478 e. The Morgan fingerprint density at radius 2 is 0.774 bits per heavy atom. The van der Waals surface area contributed by atoms with Gasteiger partial charge in [0.2, 0.25) is 0 Å². The molecule has 0 aromatic heterocycles. The fraction of sp³-hybridized carbons (Fsp3) is 0.435. The van der Waals surface area contributed by atoms with Crippen LogP contribution in [0.25, 0.3) is 0 Å². The molecule has 0 spiro atoms. The van der Waals surface area contributed by atoms with Crippen molar-refractivity contribution < 1.29 is 31.9 Å². The summed E-state index contributed by atoms with van der Waals surface area (Å²) in [6.07, 6.45) is 7.61. The molecule has 6 atom stereocenters. The first-order valence-electron chi connectivity index (χ1n) is 19.8. The monoisotopic (exact) mass is 929 g/mol. The second-order valence-electron chi connectivity index (χ2n) is 15.8. The van der Waals surface area contributed by atoms with Crippen LogP contribution in [0, 0.1) is 23.7 Å². The third-order valence-corrected chi connectivity index (χ3v) is 18.4. The van der Waals surface area contributed by atoms with Crippen molar-refractivity contribution in [3.63, 3.8) is 0 Å². The molecule has 283 valence electrons. The van der Waals surface area contributed by atoms with E-state index in [0.717, 1.165) is 25.0 Å². The molecule has 2 fully saturated rings. The van der Waals surface area contributed by atoms with Crippen LogP contribution < -0.4 is 21.2 Å². The van der Waals surface area contributed by atoms with Crippen LogP contribution in [0.15, 0.2) is 131 Å². The minimum absolute atomic E-state index is 0. The molecule has 0 N–H and O–H groups in total. The van der Waals surface area contributed by atoms with E-state index >= 15 is 0 Å². The maximum absolute atomic E-state index is 6.13. The Balaban J connectivity index is 0.000000178. The fourth-order valence-electron chi connectivity index (χ4n) is 8.77. The summed E-state index contributed by atoms with van der Waals surface area (Å²) in [5.74, 6) is 4.21. The molecule has 1 radical (unpaired) electrons. The van der Waals surface area contributed by atoms with Gasteiger partial charge in [0.05, 0.1) is 72.3 Å². The quantitative estimate of drug-likeness (QED) is 0.118. The average Bonchev–Trinajstić information content (AvgIpc) is 4.02. The smallest absolute Gasteiger partial charge is 0.190 e. The number of hydrogen-bond donors (Lipinski definition) is 0. The van der Waals surface area contributed by atoms with E-state index in [0.29, 0.717) is 47.1 Å². The van der Waals surface area contributed by atoms with Gasteiger partial charge in [0.15, 0.2) is 11.8 Å². The van der Waals surface area contributed by atoms with Crippen molar-refractivity contribution in [2.45, 2.75) is 89.6 Å². The van der Waals surface area contributed by atoms with E-state index in [9.17, 15) is 0 Å². The number of ether oxygens (including phenoxy) is 2. The van der Waals surface area contributed by atoms with E-state index in [2.05, 4.69) is 149 Å². The van der Waals surface area contributed by atoms with Crippen LogP contribution in [-0.2, 0) is 31.9 Å². The number of aliphatic imine (C=N–C) groups is 2. The molecule has 0 bridgehead atoms. The van der Waals surface area contributed by atoms with E-state index in [1.165, 1.54) is 59.7 Å². The van der Waals surface area contributed by atoms with Crippen LogP contribution in [0.2, 0.25) is 0 Å². The molecule has 4 aromatic rings. The Morgan fingerprint density at radius 3 is 1.04 bits per heavy atom. The summed E-state index contributed by atoms with van der Waals surface area (Å²) >= 11 is 0. The molecule has 2 heterocycles. The zero-order chi connectivity index (χ0) is 35.9. The maximum atomic E-state index is 6.13. The molecule has 7 heteroatoms. The van der Waals surface area contributed by atoms with Gasteiger partial charge in [-0.25, -0.2) is 9.98 Å². The predicted molar refractivity (Wildman–Crippen MR) is 227 cm³/mol. The molecule has 4 nitrogen and oxygen atoms in total.